The highest BCUT2D eigenvalue weighted by Crippen LogP contribution is 2.24. The normalized spacial score (nSPS) is 11.8. The average Bonchev–Trinajstić information content (AvgIpc) is 3.04. The van der Waals surface area contributed by atoms with E-state index in [-0.39, 0.29) is 4.90 Å². The number of pyridine rings is 1. The van der Waals surface area contributed by atoms with Crippen LogP contribution in [0.4, 0.5) is 0 Å². The second kappa shape index (κ2) is 7.16. The van der Waals surface area contributed by atoms with Gasteiger partial charge in [0, 0.05) is 18.9 Å². The van der Waals surface area contributed by atoms with E-state index in [0.717, 1.165) is 24.0 Å². The zero-order chi connectivity index (χ0) is 16.1. The van der Waals surface area contributed by atoms with Gasteiger partial charge in [-0.1, -0.05) is 6.07 Å². The maximum absolute atomic E-state index is 12.4. The molecule has 0 bridgehead atoms. The number of aromatic nitrogens is 2. The van der Waals surface area contributed by atoms with Gasteiger partial charge in [0.25, 0.3) is 0 Å². The van der Waals surface area contributed by atoms with Crippen LogP contribution in [0.5, 0.6) is 0 Å². The van der Waals surface area contributed by atoms with E-state index in [0.29, 0.717) is 12.1 Å². The highest BCUT2D eigenvalue weighted by atomic mass is 32.2. The Balaban J connectivity index is 1.56. The Hall–Kier alpha value is -1.83. The summed E-state index contributed by atoms with van der Waals surface area (Å²) in [4.78, 5) is 8.40. The number of rotatable bonds is 7. The smallest absolute Gasteiger partial charge is 0.242 e. The van der Waals surface area contributed by atoms with Crippen LogP contribution in [0.3, 0.4) is 0 Å². The van der Waals surface area contributed by atoms with Gasteiger partial charge in [-0.05, 0) is 49.1 Å². The van der Waals surface area contributed by atoms with Crippen LogP contribution >= 0.6 is 11.3 Å². The van der Waals surface area contributed by atoms with Gasteiger partial charge < -0.3 is 0 Å². The number of aryl methyl sites for hydroxylation is 1. The number of nitrogens with one attached hydrogen (secondary N) is 1. The van der Waals surface area contributed by atoms with E-state index >= 15 is 0 Å². The summed E-state index contributed by atoms with van der Waals surface area (Å²) >= 11 is 1.44. The molecule has 0 saturated carbocycles. The van der Waals surface area contributed by atoms with Crippen LogP contribution in [0, 0.1) is 0 Å². The van der Waals surface area contributed by atoms with Gasteiger partial charge in [0.15, 0.2) is 0 Å². The first kappa shape index (κ1) is 16.0. The maximum atomic E-state index is 12.4. The van der Waals surface area contributed by atoms with Gasteiger partial charge in [0.1, 0.15) is 10.4 Å². The molecular formula is C16H17N3O2S2. The van der Waals surface area contributed by atoms with Crippen LogP contribution in [0.15, 0.2) is 53.1 Å². The molecule has 1 N–H and O–H groups in total. The first-order chi connectivity index (χ1) is 11.2. The van der Waals surface area contributed by atoms with Crippen LogP contribution < -0.4 is 4.72 Å². The Morgan fingerprint density at radius 3 is 2.74 bits per heavy atom. The minimum absolute atomic E-state index is 0.255. The van der Waals surface area contributed by atoms with E-state index in [1.165, 1.54) is 16.9 Å². The predicted octanol–water partition coefficient (Wildman–Crippen LogP) is 2.99. The quantitative estimate of drug-likeness (QED) is 0.667. The minimum Gasteiger partial charge on any atom is -0.265 e. The predicted molar refractivity (Wildman–Crippen MR) is 92.0 cm³/mol. The molecule has 1 aromatic carbocycles. The monoisotopic (exact) mass is 347 g/mol. The number of para-hydroxylation sites is 1. The molecule has 0 aliphatic carbocycles. The van der Waals surface area contributed by atoms with Crippen molar-refractivity contribution in [1.29, 1.82) is 0 Å². The summed E-state index contributed by atoms with van der Waals surface area (Å²) in [6.07, 6.45) is 6.17. The number of hydrogen-bond acceptors (Lipinski definition) is 5. The Bertz CT molecular complexity index is 876. The molecule has 0 aliphatic rings. The highest BCUT2D eigenvalue weighted by molar-refractivity contribution is 7.89. The molecule has 0 fully saturated rings. The molecule has 120 valence electrons. The first-order valence-corrected chi connectivity index (χ1v) is 9.74. The molecule has 0 atom stereocenters. The lowest BCUT2D eigenvalue weighted by Gasteiger charge is -2.07. The second-order valence-electron chi connectivity index (χ2n) is 5.17. The van der Waals surface area contributed by atoms with Gasteiger partial charge in [0.05, 0.1) is 10.2 Å². The topological polar surface area (TPSA) is 72.0 Å². The number of nitrogens with zero attached hydrogens (tertiary/aromatic N) is 2. The fourth-order valence-corrected chi connectivity index (χ4v) is 4.38. The Morgan fingerprint density at radius 2 is 1.91 bits per heavy atom. The highest BCUT2D eigenvalue weighted by Gasteiger charge is 2.17. The van der Waals surface area contributed by atoms with E-state index in [2.05, 4.69) is 14.7 Å². The summed E-state index contributed by atoms with van der Waals surface area (Å²) in [5, 5.41) is 0. The van der Waals surface area contributed by atoms with Crippen LogP contribution in [0.1, 0.15) is 18.4 Å². The number of fused-ring (bicyclic) bond motifs is 1. The Morgan fingerprint density at radius 1 is 1.09 bits per heavy atom. The summed E-state index contributed by atoms with van der Waals surface area (Å²) in [6.45, 7) is 0.425. The lowest BCUT2D eigenvalue weighted by Crippen LogP contribution is -2.25. The summed E-state index contributed by atoms with van der Waals surface area (Å²) in [5.74, 6) is 0. The molecule has 0 radical (unpaired) electrons. The van der Waals surface area contributed by atoms with E-state index in [1.807, 2.05) is 18.2 Å². The zero-order valence-electron chi connectivity index (χ0n) is 12.5. The summed E-state index contributed by atoms with van der Waals surface area (Å²) < 4.78 is 28.4. The van der Waals surface area contributed by atoms with Crippen molar-refractivity contribution in [2.75, 3.05) is 6.54 Å². The van der Waals surface area contributed by atoms with Gasteiger partial charge in [0.2, 0.25) is 10.0 Å². The lowest BCUT2D eigenvalue weighted by atomic mass is 10.1. The molecular weight excluding hydrogens is 330 g/mol. The van der Waals surface area contributed by atoms with Crippen molar-refractivity contribution in [3.05, 3.63) is 53.8 Å². The Labute approximate surface area is 139 Å². The first-order valence-electron chi connectivity index (χ1n) is 7.37. The van der Waals surface area contributed by atoms with E-state index in [9.17, 15) is 8.42 Å². The van der Waals surface area contributed by atoms with Gasteiger partial charge >= 0.3 is 0 Å². The van der Waals surface area contributed by atoms with Gasteiger partial charge in [-0.25, -0.2) is 18.1 Å². The van der Waals surface area contributed by atoms with E-state index in [1.54, 1.807) is 30.0 Å². The molecule has 3 rings (SSSR count). The molecule has 7 heteroatoms. The van der Waals surface area contributed by atoms with Gasteiger partial charge in [-0.2, -0.15) is 0 Å². The molecule has 5 nitrogen and oxygen atoms in total. The maximum Gasteiger partial charge on any atom is 0.242 e. The number of thiazole rings is 1. The largest absolute Gasteiger partial charge is 0.265 e. The van der Waals surface area contributed by atoms with E-state index in [4.69, 9.17) is 0 Å². The fraction of sp³-hybridized carbons (Fsp3) is 0.250. The van der Waals surface area contributed by atoms with Crippen molar-refractivity contribution >= 4 is 31.6 Å². The van der Waals surface area contributed by atoms with Crippen molar-refractivity contribution in [1.82, 2.24) is 14.7 Å². The third-order valence-corrected chi connectivity index (χ3v) is 5.83. The molecule has 2 aromatic heterocycles. The van der Waals surface area contributed by atoms with Crippen molar-refractivity contribution < 1.29 is 8.42 Å². The number of sulfonamides is 1. The summed E-state index contributed by atoms with van der Waals surface area (Å²) in [6, 6.07) is 9.18. The van der Waals surface area contributed by atoms with Crippen molar-refractivity contribution in [3.8, 4) is 0 Å². The molecule has 0 amide bonds. The standard InChI is InChI=1S/C16H17N3O2S2/c20-23(21,15-6-3-5-14-16(15)18-12-22-14)19-9-2-1-4-13-7-10-17-11-8-13/h3,5-8,10-12,19H,1-2,4,9H2. The van der Waals surface area contributed by atoms with Gasteiger partial charge in [-0.15, -0.1) is 11.3 Å². The van der Waals surface area contributed by atoms with Crippen LogP contribution in [0.25, 0.3) is 10.2 Å². The zero-order valence-corrected chi connectivity index (χ0v) is 14.1. The minimum atomic E-state index is -3.52. The van der Waals surface area contributed by atoms with Crippen LogP contribution in [0.2, 0.25) is 0 Å². The molecule has 0 spiro atoms. The van der Waals surface area contributed by atoms with Crippen molar-refractivity contribution in [3.63, 3.8) is 0 Å². The molecule has 0 aliphatic heterocycles. The number of hydrogen-bond donors (Lipinski definition) is 1. The second-order valence-corrected chi connectivity index (χ2v) is 7.79. The SMILES string of the molecule is O=S(=O)(NCCCCc1ccncc1)c1cccc2scnc12. The number of unbranched alkanes of at least 4 members (excludes halogenated alkanes) is 1. The van der Waals surface area contributed by atoms with Crippen molar-refractivity contribution in [2.45, 2.75) is 24.2 Å². The Kier molecular flexibility index (Phi) is 5.00. The fourth-order valence-electron chi connectivity index (χ4n) is 2.37. The lowest BCUT2D eigenvalue weighted by molar-refractivity contribution is 0.577. The third-order valence-electron chi connectivity index (χ3n) is 3.55. The molecule has 2 heterocycles. The van der Waals surface area contributed by atoms with E-state index < -0.39 is 10.0 Å². The van der Waals surface area contributed by atoms with Gasteiger partial charge in [-0.3, -0.25) is 4.98 Å². The number of benzene rings is 1. The molecule has 3 aromatic rings. The van der Waals surface area contributed by atoms with Crippen molar-refractivity contribution in [2.24, 2.45) is 0 Å². The van der Waals surface area contributed by atoms with Crippen LogP contribution in [-0.2, 0) is 16.4 Å². The molecule has 0 saturated heterocycles. The third kappa shape index (κ3) is 3.93. The molecule has 23 heavy (non-hydrogen) atoms. The molecule has 0 unspecified atom stereocenters. The summed E-state index contributed by atoms with van der Waals surface area (Å²) in [7, 11) is -3.52. The summed E-state index contributed by atoms with van der Waals surface area (Å²) in [5.41, 5.74) is 3.43. The average molecular weight is 347 g/mol. The van der Waals surface area contributed by atoms with Crippen LogP contribution in [-0.4, -0.2) is 24.9 Å².